The van der Waals surface area contributed by atoms with Crippen LogP contribution in [0.1, 0.15) is 27.2 Å². The fourth-order valence-corrected chi connectivity index (χ4v) is 5.45. The van der Waals surface area contributed by atoms with Gasteiger partial charge in [-0.15, -0.1) is 11.3 Å². The molecule has 14 heteroatoms. The molecule has 1 aromatic heterocycles. The number of rotatable bonds is 5. The zero-order chi connectivity index (χ0) is 21.5. The molecule has 0 aliphatic carbocycles. The highest BCUT2D eigenvalue weighted by molar-refractivity contribution is 9.10. The van der Waals surface area contributed by atoms with Crippen molar-refractivity contribution in [1.82, 2.24) is 0 Å². The van der Waals surface area contributed by atoms with Crippen molar-refractivity contribution in [2.75, 3.05) is 5.75 Å². The summed E-state index contributed by atoms with van der Waals surface area (Å²) < 4.78 is 61.3. The summed E-state index contributed by atoms with van der Waals surface area (Å²) >= 11 is 3.28. The van der Waals surface area contributed by atoms with E-state index in [0.29, 0.717) is 11.3 Å². The number of primary amides is 1. The molecule has 0 radical (unpaired) electrons. The lowest BCUT2D eigenvalue weighted by Gasteiger charge is -2.16. The van der Waals surface area contributed by atoms with E-state index in [2.05, 4.69) is 27.8 Å². The molecule has 1 heterocycles. The Balaban J connectivity index is 2.70. The molecule has 0 atom stereocenters. The van der Waals surface area contributed by atoms with Crippen molar-refractivity contribution in [2.45, 2.75) is 12.1 Å². The molecule has 28 heavy (non-hydrogen) atoms. The third kappa shape index (κ3) is 4.77. The molecule has 1 aromatic carbocycles. The van der Waals surface area contributed by atoms with Gasteiger partial charge >= 0.3 is 13.3 Å². The summed E-state index contributed by atoms with van der Waals surface area (Å²) in [4.78, 5) is 28.6. The van der Waals surface area contributed by atoms with E-state index in [0.717, 1.165) is 0 Å². The molecule has 0 spiro atoms. The first kappa shape index (κ1) is 22.9. The van der Waals surface area contributed by atoms with Gasteiger partial charge in [0.05, 0.1) is 10.5 Å². The number of fused-ring (bicyclic) bond motifs is 1. The first-order chi connectivity index (χ1) is 12.6. The lowest BCUT2D eigenvalue weighted by Crippen LogP contribution is -2.15. The van der Waals surface area contributed by atoms with Gasteiger partial charge in [0, 0.05) is 27.4 Å². The molecule has 0 saturated heterocycles. The average Bonchev–Trinajstić information content (AvgIpc) is 2.87. The Labute approximate surface area is 170 Å². The molecule has 0 bridgehead atoms. The van der Waals surface area contributed by atoms with Crippen LogP contribution in [0.25, 0.3) is 10.1 Å². The summed E-state index contributed by atoms with van der Waals surface area (Å²) in [5.41, 5.74) is 0.751. The average molecular weight is 517 g/mol. The first-order valence-electron chi connectivity index (χ1n) is 7.14. The van der Waals surface area contributed by atoms with Crippen LogP contribution in [0.2, 0.25) is 0 Å². The highest BCUT2D eigenvalue weighted by Crippen LogP contribution is 2.63. The number of alkyl halides is 2. The van der Waals surface area contributed by atoms with Gasteiger partial charge in [-0.3, -0.25) is 9.36 Å². The van der Waals surface area contributed by atoms with E-state index in [1.807, 2.05) is 0 Å². The second-order valence-electron chi connectivity index (χ2n) is 5.51. The van der Waals surface area contributed by atoms with E-state index in [1.54, 1.807) is 0 Å². The number of hydrogen-bond acceptors (Lipinski definition) is 5. The van der Waals surface area contributed by atoms with Gasteiger partial charge in [-0.05, 0) is 28.1 Å². The number of primary sulfonamides is 1. The Hall–Kier alpha value is -1.39. The molecule has 1 amide bonds. The maximum atomic E-state index is 14.2. The molecular formula is C14H12BrF2N2O6PS2. The van der Waals surface area contributed by atoms with Crippen LogP contribution in [0.4, 0.5) is 8.78 Å². The first-order valence-corrected chi connectivity index (χ1v) is 12.1. The molecule has 2 rings (SSSR count). The van der Waals surface area contributed by atoms with Gasteiger partial charge in [0.2, 0.25) is 15.9 Å². The molecule has 6 N–H and O–H groups in total. The molecule has 0 saturated carbocycles. The molecule has 0 unspecified atom stereocenters. The van der Waals surface area contributed by atoms with E-state index < -0.39 is 39.8 Å². The lowest BCUT2D eigenvalue weighted by molar-refractivity contribution is 0.0595. The molecular weight excluding hydrogens is 505 g/mol. The fourth-order valence-electron chi connectivity index (χ4n) is 2.08. The third-order valence-electron chi connectivity index (χ3n) is 3.39. The number of amides is 1. The van der Waals surface area contributed by atoms with E-state index in [-0.39, 0.29) is 32.1 Å². The molecule has 152 valence electrons. The number of halogens is 3. The Kier molecular flexibility index (Phi) is 6.37. The van der Waals surface area contributed by atoms with Crippen LogP contribution in [0.3, 0.4) is 0 Å². The zero-order valence-electron chi connectivity index (χ0n) is 13.6. The van der Waals surface area contributed by atoms with Crippen molar-refractivity contribution < 1.29 is 36.3 Å². The molecule has 0 aliphatic heterocycles. The quantitative estimate of drug-likeness (QED) is 0.351. The van der Waals surface area contributed by atoms with E-state index in [9.17, 15) is 26.6 Å². The van der Waals surface area contributed by atoms with Crippen LogP contribution >= 0.6 is 34.9 Å². The number of carbonyl (C=O) groups excluding carboxylic acids is 1. The normalized spacial score (nSPS) is 12.6. The van der Waals surface area contributed by atoms with Crippen LogP contribution in [-0.4, -0.2) is 29.9 Å². The maximum absolute atomic E-state index is 14.2. The number of carbonyl (C=O) groups is 1. The van der Waals surface area contributed by atoms with Gasteiger partial charge in [-0.25, -0.2) is 13.6 Å². The van der Waals surface area contributed by atoms with Gasteiger partial charge in [0.25, 0.3) is 0 Å². The highest BCUT2D eigenvalue weighted by atomic mass is 79.9. The van der Waals surface area contributed by atoms with Crippen molar-refractivity contribution in [3.63, 3.8) is 0 Å². The Morgan fingerprint density at radius 1 is 1.36 bits per heavy atom. The van der Waals surface area contributed by atoms with Gasteiger partial charge in [-0.1, -0.05) is 11.8 Å². The molecule has 0 fully saturated rings. The van der Waals surface area contributed by atoms with Gasteiger partial charge in [-0.2, -0.15) is 8.78 Å². The summed E-state index contributed by atoms with van der Waals surface area (Å²) in [6.45, 7) is 0. The lowest BCUT2D eigenvalue weighted by atomic mass is 10.1. The summed E-state index contributed by atoms with van der Waals surface area (Å²) in [7, 11) is -9.57. The zero-order valence-corrected chi connectivity index (χ0v) is 17.8. The number of nitrogens with two attached hydrogens (primary N) is 2. The Bertz CT molecular complexity index is 1180. The van der Waals surface area contributed by atoms with Crippen LogP contribution in [0.15, 0.2) is 16.6 Å². The molecule has 2 aromatic rings. The number of hydrogen-bond donors (Lipinski definition) is 4. The van der Waals surface area contributed by atoms with Crippen LogP contribution in [0, 0.1) is 11.8 Å². The van der Waals surface area contributed by atoms with Crippen molar-refractivity contribution in [3.8, 4) is 11.8 Å². The SMILES string of the molecule is NC(=O)c1cc(C#CCCS(N)(=O)=O)c2sc(C(F)(F)P(=O)(O)O)c(Br)c2c1. The second kappa shape index (κ2) is 7.79. The van der Waals surface area contributed by atoms with Crippen molar-refractivity contribution >= 4 is 60.9 Å². The van der Waals surface area contributed by atoms with Gasteiger partial charge in [0.1, 0.15) is 4.88 Å². The van der Waals surface area contributed by atoms with Crippen LogP contribution < -0.4 is 10.9 Å². The summed E-state index contributed by atoms with van der Waals surface area (Å²) in [5, 5.41) is 4.92. The maximum Gasteiger partial charge on any atom is 0.400 e. The summed E-state index contributed by atoms with van der Waals surface area (Å²) in [5.74, 6) is 3.75. The summed E-state index contributed by atoms with van der Waals surface area (Å²) in [6, 6.07) is 2.41. The molecule has 0 aliphatic rings. The number of benzene rings is 1. The monoisotopic (exact) mass is 516 g/mol. The number of sulfonamides is 1. The molecule has 8 nitrogen and oxygen atoms in total. The topological polar surface area (TPSA) is 161 Å². The largest absolute Gasteiger partial charge is 0.400 e. The fraction of sp³-hybridized carbons (Fsp3) is 0.214. The van der Waals surface area contributed by atoms with Crippen molar-refractivity contribution in [1.29, 1.82) is 0 Å². The minimum absolute atomic E-state index is 0.0557. The Morgan fingerprint density at radius 3 is 2.46 bits per heavy atom. The van der Waals surface area contributed by atoms with E-state index >= 15 is 0 Å². The van der Waals surface area contributed by atoms with E-state index in [4.69, 9.17) is 20.7 Å². The minimum atomic E-state index is -5.82. The van der Waals surface area contributed by atoms with Crippen LogP contribution in [-0.2, 0) is 20.3 Å². The highest BCUT2D eigenvalue weighted by Gasteiger charge is 2.53. The summed E-state index contributed by atoms with van der Waals surface area (Å²) in [6.07, 6.45) is -0.154. The minimum Gasteiger partial charge on any atom is -0.366 e. The van der Waals surface area contributed by atoms with Gasteiger partial charge in [0.15, 0.2) is 0 Å². The van der Waals surface area contributed by atoms with Crippen molar-refractivity contribution in [2.24, 2.45) is 10.9 Å². The predicted octanol–water partition coefficient (Wildman–Crippen LogP) is 2.02. The smallest absolute Gasteiger partial charge is 0.366 e. The third-order valence-corrected chi connectivity index (χ3v) is 7.66. The van der Waals surface area contributed by atoms with Crippen molar-refractivity contribution in [3.05, 3.63) is 32.6 Å². The Morgan fingerprint density at radius 2 is 1.96 bits per heavy atom. The van der Waals surface area contributed by atoms with Gasteiger partial charge < -0.3 is 15.5 Å². The standard InChI is InChI=1S/C14H12BrF2N2O6PS2/c15-10-9-6-8(13(18)20)5-7(3-1-2-4-28(19,24)25)11(9)27-12(10)14(16,17)26(21,22)23/h5-6H,2,4H2,(H2,18,20)(H2,19,24,25)(H2,21,22,23). The van der Waals surface area contributed by atoms with Crippen LogP contribution in [0.5, 0.6) is 0 Å². The van der Waals surface area contributed by atoms with E-state index in [1.165, 1.54) is 12.1 Å². The number of thiophene rings is 1. The second-order valence-corrected chi connectivity index (χ2v) is 10.7. The predicted molar refractivity (Wildman–Crippen MR) is 103 cm³/mol.